The lowest BCUT2D eigenvalue weighted by Crippen LogP contribution is -2.37. The molecule has 0 heterocycles. The fourth-order valence-electron chi connectivity index (χ4n) is 2.15. The molecule has 2 aromatic rings. The molecule has 0 bridgehead atoms. The number of rotatable bonds is 5. The van der Waals surface area contributed by atoms with Gasteiger partial charge in [0.15, 0.2) is 0 Å². The van der Waals surface area contributed by atoms with Crippen LogP contribution in [-0.2, 0) is 11.3 Å². The SMILES string of the molecule is Cc1cccc(C(=O)NCC(=O)N(C)Cc2ccccc2Cl)c1. The van der Waals surface area contributed by atoms with Crippen molar-refractivity contribution in [3.05, 3.63) is 70.2 Å². The van der Waals surface area contributed by atoms with Gasteiger partial charge in [0.05, 0.1) is 6.54 Å². The summed E-state index contributed by atoms with van der Waals surface area (Å²) in [4.78, 5) is 25.7. The Morgan fingerprint density at radius 3 is 2.57 bits per heavy atom. The predicted molar refractivity (Wildman–Crippen MR) is 91.4 cm³/mol. The first-order valence-electron chi connectivity index (χ1n) is 7.29. The minimum absolute atomic E-state index is 0.0479. The lowest BCUT2D eigenvalue weighted by Gasteiger charge is -2.18. The predicted octanol–water partition coefficient (Wildman–Crippen LogP) is 3.04. The number of halogens is 1. The van der Waals surface area contributed by atoms with Crippen molar-refractivity contribution in [2.75, 3.05) is 13.6 Å². The Balaban J connectivity index is 1.89. The van der Waals surface area contributed by atoms with E-state index in [0.29, 0.717) is 17.1 Å². The van der Waals surface area contributed by atoms with Gasteiger partial charge in [0, 0.05) is 24.2 Å². The van der Waals surface area contributed by atoms with Gasteiger partial charge in [0.2, 0.25) is 5.91 Å². The summed E-state index contributed by atoms with van der Waals surface area (Å²) in [5.74, 6) is -0.431. The molecule has 0 saturated carbocycles. The highest BCUT2D eigenvalue weighted by Crippen LogP contribution is 2.16. The van der Waals surface area contributed by atoms with Gasteiger partial charge in [-0.05, 0) is 30.7 Å². The van der Waals surface area contributed by atoms with E-state index in [-0.39, 0.29) is 18.4 Å². The van der Waals surface area contributed by atoms with Crippen LogP contribution in [0.25, 0.3) is 0 Å². The molecule has 23 heavy (non-hydrogen) atoms. The van der Waals surface area contributed by atoms with Crippen molar-refractivity contribution in [2.24, 2.45) is 0 Å². The van der Waals surface area contributed by atoms with Crippen LogP contribution in [0.2, 0.25) is 5.02 Å². The molecule has 0 aliphatic rings. The largest absolute Gasteiger partial charge is 0.343 e. The second kappa shape index (κ2) is 7.79. The smallest absolute Gasteiger partial charge is 0.251 e. The third kappa shape index (κ3) is 4.83. The molecule has 4 nitrogen and oxygen atoms in total. The van der Waals surface area contributed by atoms with Crippen molar-refractivity contribution in [3.63, 3.8) is 0 Å². The molecule has 0 unspecified atom stereocenters. The fraction of sp³-hybridized carbons (Fsp3) is 0.222. The Hall–Kier alpha value is -2.33. The van der Waals surface area contributed by atoms with Crippen molar-refractivity contribution in [2.45, 2.75) is 13.5 Å². The summed E-state index contributed by atoms with van der Waals surface area (Å²) >= 11 is 6.09. The Kier molecular flexibility index (Phi) is 5.77. The zero-order valence-electron chi connectivity index (χ0n) is 13.2. The molecule has 0 aliphatic heterocycles. The number of amides is 2. The van der Waals surface area contributed by atoms with Crippen LogP contribution in [0.3, 0.4) is 0 Å². The standard InChI is InChI=1S/C18H19ClN2O2/c1-13-6-5-8-14(10-13)18(23)20-11-17(22)21(2)12-15-7-3-4-9-16(15)19/h3-10H,11-12H2,1-2H3,(H,20,23). The monoisotopic (exact) mass is 330 g/mol. The average Bonchev–Trinajstić information content (AvgIpc) is 2.54. The molecule has 0 fully saturated rings. The lowest BCUT2D eigenvalue weighted by atomic mass is 10.1. The molecule has 0 atom stereocenters. The van der Waals surface area contributed by atoms with Crippen molar-refractivity contribution < 1.29 is 9.59 Å². The molecule has 0 aromatic heterocycles. The molecular weight excluding hydrogens is 312 g/mol. The second-order valence-corrected chi connectivity index (χ2v) is 5.80. The first-order valence-corrected chi connectivity index (χ1v) is 7.67. The maximum atomic E-state index is 12.1. The quantitative estimate of drug-likeness (QED) is 0.916. The summed E-state index contributed by atoms with van der Waals surface area (Å²) in [5, 5.41) is 3.27. The first-order chi connectivity index (χ1) is 11.0. The van der Waals surface area contributed by atoms with Crippen LogP contribution < -0.4 is 5.32 Å². The van der Waals surface area contributed by atoms with E-state index < -0.39 is 0 Å². The summed E-state index contributed by atoms with van der Waals surface area (Å²) < 4.78 is 0. The Morgan fingerprint density at radius 2 is 1.87 bits per heavy atom. The zero-order valence-corrected chi connectivity index (χ0v) is 13.9. The maximum Gasteiger partial charge on any atom is 0.251 e. The average molecular weight is 331 g/mol. The molecule has 5 heteroatoms. The lowest BCUT2D eigenvalue weighted by molar-refractivity contribution is -0.129. The van der Waals surface area contributed by atoms with E-state index in [1.807, 2.05) is 37.3 Å². The van der Waals surface area contributed by atoms with Gasteiger partial charge in [-0.2, -0.15) is 0 Å². The molecular formula is C18H19ClN2O2. The number of aryl methyl sites for hydroxylation is 1. The van der Waals surface area contributed by atoms with E-state index in [9.17, 15) is 9.59 Å². The number of hydrogen-bond donors (Lipinski definition) is 1. The Bertz CT molecular complexity index is 716. The number of hydrogen-bond acceptors (Lipinski definition) is 2. The van der Waals surface area contributed by atoms with Crippen LogP contribution >= 0.6 is 11.6 Å². The molecule has 1 N–H and O–H groups in total. The van der Waals surface area contributed by atoms with Crippen molar-refractivity contribution in [3.8, 4) is 0 Å². The number of nitrogens with one attached hydrogen (secondary N) is 1. The van der Waals surface area contributed by atoms with Crippen LogP contribution in [0, 0.1) is 6.92 Å². The van der Waals surface area contributed by atoms with E-state index in [1.165, 1.54) is 4.90 Å². The summed E-state index contributed by atoms with van der Waals surface area (Å²) in [6.07, 6.45) is 0. The molecule has 0 saturated heterocycles. The molecule has 2 amide bonds. The minimum Gasteiger partial charge on any atom is -0.343 e. The van der Waals surface area contributed by atoms with E-state index >= 15 is 0 Å². The number of nitrogens with zero attached hydrogens (tertiary/aromatic N) is 1. The summed E-state index contributed by atoms with van der Waals surface area (Å²) in [6, 6.07) is 14.6. The summed E-state index contributed by atoms with van der Waals surface area (Å²) in [7, 11) is 1.69. The third-order valence-corrected chi connectivity index (χ3v) is 3.84. The van der Waals surface area contributed by atoms with E-state index in [1.54, 1.807) is 25.2 Å². The summed E-state index contributed by atoms with van der Waals surface area (Å²) in [6.45, 7) is 2.27. The van der Waals surface area contributed by atoms with Crippen LogP contribution in [-0.4, -0.2) is 30.3 Å². The number of carbonyl (C=O) groups excluding carboxylic acids is 2. The Morgan fingerprint density at radius 1 is 1.13 bits per heavy atom. The molecule has 0 aliphatic carbocycles. The van der Waals surface area contributed by atoms with Crippen LogP contribution in [0.15, 0.2) is 48.5 Å². The highest BCUT2D eigenvalue weighted by Gasteiger charge is 2.13. The van der Waals surface area contributed by atoms with Gasteiger partial charge in [-0.25, -0.2) is 0 Å². The minimum atomic E-state index is -0.256. The van der Waals surface area contributed by atoms with Gasteiger partial charge >= 0.3 is 0 Å². The molecule has 2 rings (SSSR count). The van der Waals surface area contributed by atoms with E-state index in [2.05, 4.69) is 5.32 Å². The zero-order chi connectivity index (χ0) is 16.8. The normalized spacial score (nSPS) is 10.2. The van der Waals surface area contributed by atoms with Crippen molar-refractivity contribution >= 4 is 23.4 Å². The number of benzene rings is 2. The van der Waals surface area contributed by atoms with Gasteiger partial charge in [-0.15, -0.1) is 0 Å². The van der Waals surface area contributed by atoms with E-state index in [0.717, 1.165) is 11.1 Å². The van der Waals surface area contributed by atoms with Crippen LogP contribution in [0.4, 0.5) is 0 Å². The molecule has 0 radical (unpaired) electrons. The summed E-state index contributed by atoms with van der Waals surface area (Å²) in [5.41, 5.74) is 2.42. The van der Waals surface area contributed by atoms with Crippen molar-refractivity contribution in [1.82, 2.24) is 10.2 Å². The molecule has 0 spiro atoms. The highest BCUT2D eigenvalue weighted by molar-refractivity contribution is 6.31. The fourth-order valence-corrected chi connectivity index (χ4v) is 2.35. The second-order valence-electron chi connectivity index (χ2n) is 5.39. The van der Waals surface area contributed by atoms with Gasteiger partial charge in [0.25, 0.3) is 5.91 Å². The van der Waals surface area contributed by atoms with E-state index in [4.69, 9.17) is 11.6 Å². The molecule has 120 valence electrons. The first kappa shape index (κ1) is 17.0. The maximum absolute atomic E-state index is 12.1. The van der Waals surface area contributed by atoms with Crippen LogP contribution in [0.5, 0.6) is 0 Å². The van der Waals surface area contributed by atoms with Gasteiger partial charge in [-0.1, -0.05) is 47.5 Å². The Labute approximate surface area is 141 Å². The van der Waals surface area contributed by atoms with Crippen molar-refractivity contribution in [1.29, 1.82) is 0 Å². The number of carbonyl (C=O) groups is 2. The van der Waals surface area contributed by atoms with Gasteiger partial charge < -0.3 is 10.2 Å². The highest BCUT2D eigenvalue weighted by atomic mass is 35.5. The third-order valence-electron chi connectivity index (χ3n) is 3.47. The van der Waals surface area contributed by atoms with Gasteiger partial charge in [0.1, 0.15) is 0 Å². The van der Waals surface area contributed by atoms with Crippen LogP contribution in [0.1, 0.15) is 21.5 Å². The number of likely N-dealkylation sites (N-methyl/N-ethyl adjacent to an activating group) is 1. The topological polar surface area (TPSA) is 49.4 Å². The van der Waals surface area contributed by atoms with Gasteiger partial charge in [-0.3, -0.25) is 9.59 Å². The molecule has 2 aromatic carbocycles.